The summed E-state index contributed by atoms with van der Waals surface area (Å²) in [5.74, 6) is 0.714. The molecule has 3 rings (SSSR count). The molecule has 0 saturated heterocycles. The van der Waals surface area contributed by atoms with Crippen molar-refractivity contribution in [2.24, 2.45) is 0 Å². The van der Waals surface area contributed by atoms with Crippen LogP contribution in [0.1, 0.15) is 22.8 Å². The van der Waals surface area contributed by atoms with Gasteiger partial charge in [0.15, 0.2) is 5.78 Å². The fourth-order valence-electron chi connectivity index (χ4n) is 2.29. The Morgan fingerprint density at radius 2 is 2.05 bits per heavy atom. The number of rotatable bonds is 2. The number of hydrogen-bond donors (Lipinski definition) is 0. The normalized spacial score (nSPS) is 10.9. The van der Waals surface area contributed by atoms with Crippen molar-refractivity contribution in [3.63, 3.8) is 0 Å². The van der Waals surface area contributed by atoms with Gasteiger partial charge in [-0.3, -0.25) is 4.79 Å². The SMILES string of the molecule is CC(=O)c1cn(-c2nc(Cl)ncc2C)c2ccccc12. The molecular formula is C15H12ClN3O. The van der Waals surface area contributed by atoms with Crippen molar-refractivity contribution in [2.75, 3.05) is 0 Å². The predicted molar refractivity (Wildman–Crippen MR) is 78.6 cm³/mol. The zero-order chi connectivity index (χ0) is 14.3. The van der Waals surface area contributed by atoms with Gasteiger partial charge in [0.2, 0.25) is 5.28 Å². The predicted octanol–water partition coefficient (Wildman–Crippen LogP) is 3.58. The van der Waals surface area contributed by atoms with E-state index >= 15 is 0 Å². The molecule has 0 spiro atoms. The number of carbonyl (C=O) groups is 1. The molecule has 4 nitrogen and oxygen atoms in total. The van der Waals surface area contributed by atoms with Crippen molar-refractivity contribution in [2.45, 2.75) is 13.8 Å². The average Bonchev–Trinajstić information content (AvgIpc) is 2.81. The van der Waals surface area contributed by atoms with E-state index in [0.717, 1.165) is 16.5 Å². The summed E-state index contributed by atoms with van der Waals surface area (Å²) in [6.07, 6.45) is 3.48. The lowest BCUT2D eigenvalue weighted by molar-refractivity contribution is 0.101. The topological polar surface area (TPSA) is 47.8 Å². The number of Topliss-reactive ketones (excluding diaryl/α,β-unsaturated/α-hetero) is 1. The Kier molecular flexibility index (Phi) is 3.03. The Labute approximate surface area is 121 Å². The van der Waals surface area contributed by atoms with E-state index < -0.39 is 0 Å². The Bertz CT molecular complexity index is 823. The van der Waals surface area contributed by atoms with Crippen LogP contribution in [0.3, 0.4) is 0 Å². The minimum absolute atomic E-state index is 0.0257. The first-order chi connectivity index (χ1) is 9.58. The van der Waals surface area contributed by atoms with E-state index in [2.05, 4.69) is 9.97 Å². The van der Waals surface area contributed by atoms with Crippen molar-refractivity contribution in [1.82, 2.24) is 14.5 Å². The van der Waals surface area contributed by atoms with Gasteiger partial charge >= 0.3 is 0 Å². The summed E-state index contributed by atoms with van der Waals surface area (Å²) in [6, 6.07) is 7.73. The van der Waals surface area contributed by atoms with Gasteiger partial charge < -0.3 is 4.57 Å². The van der Waals surface area contributed by atoms with Crippen LogP contribution in [0.15, 0.2) is 36.7 Å². The standard InChI is InChI=1S/C15H12ClN3O/c1-9-7-17-15(16)18-14(9)19-8-12(10(2)20)11-5-3-4-6-13(11)19/h3-8H,1-2H3. The van der Waals surface area contributed by atoms with Crippen molar-refractivity contribution in [1.29, 1.82) is 0 Å². The summed E-state index contributed by atoms with van der Waals surface area (Å²) >= 11 is 5.88. The molecule has 1 aromatic carbocycles. The van der Waals surface area contributed by atoms with E-state index in [1.165, 1.54) is 0 Å². The molecule has 0 saturated carbocycles. The number of aromatic nitrogens is 3. The molecule has 0 fully saturated rings. The van der Waals surface area contributed by atoms with E-state index in [9.17, 15) is 4.79 Å². The molecule has 5 heteroatoms. The minimum atomic E-state index is 0.0257. The van der Waals surface area contributed by atoms with Gasteiger partial charge in [-0.2, -0.15) is 4.98 Å². The highest BCUT2D eigenvalue weighted by molar-refractivity contribution is 6.28. The largest absolute Gasteiger partial charge is 0.300 e. The molecule has 100 valence electrons. The fraction of sp³-hybridized carbons (Fsp3) is 0.133. The van der Waals surface area contributed by atoms with Crippen LogP contribution in [0.5, 0.6) is 0 Å². The van der Waals surface area contributed by atoms with Gasteiger partial charge in [-0.05, 0) is 31.5 Å². The maximum absolute atomic E-state index is 11.8. The van der Waals surface area contributed by atoms with E-state index in [1.54, 1.807) is 19.3 Å². The quantitative estimate of drug-likeness (QED) is 0.534. The summed E-state index contributed by atoms with van der Waals surface area (Å²) in [5, 5.41) is 1.10. The van der Waals surface area contributed by atoms with E-state index in [1.807, 2.05) is 35.8 Å². The number of para-hydroxylation sites is 1. The van der Waals surface area contributed by atoms with E-state index in [0.29, 0.717) is 11.4 Å². The fourth-order valence-corrected chi connectivity index (χ4v) is 2.42. The first-order valence-corrected chi connectivity index (χ1v) is 6.56. The van der Waals surface area contributed by atoms with Gasteiger partial charge in [-0.15, -0.1) is 0 Å². The van der Waals surface area contributed by atoms with Gasteiger partial charge in [0.25, 0.3) is 0 Å². The number of halogens is 1. The summed E-state index contributed by atoms with van der Waals surface area (Å²) in [6.45, 7) is 3.47. The zero-order valence-corrected chi connectivity index (χ0v) is 11.8. The second-order valence-corrected chi connectivity index (χ2v) is 4.97. The Hall–Kier alpha value is -2.20. The lowest BCUT2D eigenvalue weighted by atomic mass is 10.1. The minimum Gasteiger partial charge on any atom is -0.300 e. The van der Waals surface area contributed by atoms with Crippen molar-refractivity contribution >= 4 is 28.3 Å². The van der Waals surface area contributed by atoms with Gasteiger partial charge in [0.05, 0.1) is 5.52 Å². The zero-order valence-electron chi connectivity index (χ0n) is 11.1. The molecule has 0 aliphatic carbocycles. The van der Waals surface area contributed by atoms with Crippen LogP contribution in [0.25, 0.3) is 16.7 Å². The van der Waals surface area contributed by atoms with Crippen LogP contribution < -0.4 is 0 Å². The second-order valence-electron chi connectivity index (χ2n) is 4.63. The highest BCUT2D eigenvalue weighted by atomic mass is 35.5. The summed E-state index contributed by atoms with van der Waals surface area (Å²) in [7, 11) is 0. The van der Waals surface area contributed by atoms with Gasteiger partial charge in [0, 0.05) is 28.9 Å². The molecule has 0 bridgehead atoms. The second kappa shape index (κ2) is 4.72. The molecule has 0 atom stereocenters. The number of nitrogens with zero attached hydrogens (tertiary/aromatic N) is 3. The molecule has 2 aromatic heterocycles. The molecule has 0 aliphatic heterocycles. The number of aryl methyl sites for hydroxylation is 1. The number of ketones is 1. The smallest absolute Gasteiger partial charge is 0.224 e. The van der Waals surface area contributed by atoms with Crippen LogP contribution in [-0.4, -0.2) is 20.3 Å². The van der Waals surface area contributed by atoms with Crippen LogP contribution in [0.2, 0.25) is 5.28 Å². The number of benzene rings is 1. The van der Waals surface area contributed by atoms with Crippen LogP contribution in [0, 0.1) is 6.92 Å². The third-order valence-corrected chi connectivity index (χ3v) is 3.42. The van der Waals surface area contributed by atoms with Crippen molar-refractivity contribution in [3.8, 4) is 5.82 Å². The summed E-state index contributed by atoms with van der Waals surface area (Å²) < 4.78 is 1.88. The highest BCUT2D eigenvalue weighted by Crippen LogP contribution is 2.26. The Morgan fingerprint density at radius 3 is 2.80 bits per heavy atom. The van der Waals surface area contributed by atoms with Gasteiger partial charge in [-0.25, -0.2) is 4.98 Å². The van der Waals surface area contributed by atoms with Crippen molar-refractivity contribution in [3.05, 3.63) is 53.1 Å². The third-order valence-electron chi connectivity index (χ3n) is 3.24. The molecule has 0 amide bonds. The monoisotopic (exact) mass is 285 g/mol. The summed E-state index contributed by atoms with van der Waals surface area (Å²) in [4.78, 5) is 20.0. The van der Waals surface area contributed by atoms with E-state index in [-0.39, 0.29) is 11.1 Å². The third kappa shape index (κ3) is 1.98. The number of carbonyl (C=O) groups excluding carboxylic acids is 1. The van der Waals surface area contributed by atoms with Gasteiger partial charge in [0.1, 0.15) is 5.82 Å². The van der Waals surface area contributed by atoms with Crippen LogP contribution in [0.4, 0.5) is 0 Å². The van der Waals surface area contributed by atoms with Crippen molar-refractivity contribution < 1.29 is 4.79 Å². The van der Waals surface area contributed by atoms with Crippen LogP contribution >= 0.6 is 11.6 Å². The first kappa shape index (κ1) is 12.8. The molecule has 0 unspecified atom stereocenters. The highest BCUT2D eigenvalue weighted by Gasteiger charge is 2.14. The molecule has 3 aromatic rings. The Balaban J connectivity index is 2.37. The maximum Gasteiger partial charge on any atom is 0.224 e. The molecule has 0 N–H and O–H groups in total. The maximum atomic E-state index is 11.8. The van der Waals surface area contributed by atoms with Gasteiger partial charge in [-0.1, -0.05) is 18.2 Å². The lowest BCUT2D eigenvalue weighted by Crippen LogP contribution is -2.01. The molecule has 0 radical (unpaired) electrons. The average molecular weight is 286 g/mol. The lowest BCUT2D eigenvalue weighted by Gasteiger charge is -2.07. The van der Waals surface area contributed by atoms with Crippen LogP contribution in [-0.2, 0) is 0 Å². The Morgan fingerprint density at radius 1 is 1.30 bits per heavy atom. The van der Waals surface area contributed by atoms with E-state index in [4.69, 9.17) is 11.6 Å². The molecule has 2 heterocycles. The number of fused-ring (bicyclic) bond motifs is 1. The first-order valence-electron chi connectivity index (χ1n) is 6.18. The molecule has 20 heavy (non-hydrogen) atoms. The molecule has 0 aliphatic rings. The summed E-state index contributed by atoms with van der Waals surface area (Å²) in [5.41, 5.74) is 2.50. The molecular weight excluding hydrogens is 274 g/mol. The number of hydrogen-bond acceptors (Lipinski definition) is 3.